The molecule has 0 bridgehead atoms. The Bertz CT molecular complexity index is 400. The number of benzene rings is 1. The molecule has 5 heteroatoms. The first-order valence-electron chi connectivity index (χ1n) is 4.70. The van der Waals surface area contributed by atoms with Gasteiger partial charge in [0, 0.05) is 14.5 Å². The number of hydrogen-bond acceptors (Lipinski definition) is 2. The van der Waals surface area contributed by atoms with Crippen LogP contribution in [-0.4, -0.2) is 11.9 Å². The van der Waals surface area contributed by atoms with Crippen LogP contribution in [0.1, 0.15) is 18.4 Å². The Morgan fingerprint density at radius 1 is 1.40 bits per heavy atom. The Kier molecular flexibility index (Phi) is 3.43. The van der Waals surface area contributed by atoms with Gasteiger partial charge in [-0.2, -0.15) is 0 Å². The summed E-state index contributed by atoms with van der Waals surface area (Å²) in [6, 6.07) is 6.38. The Hall–Kier alpha value is -0.390. The lowest BCUT2D eigenvalue weighted by Crippen LogP contribution is -2.31. The van der Waals surface area contributed by atoms with Crippen LogP contribution in [0.3, 0.4) is 0 Å². The van der Waals surface area contributed by atoms with Crippen molar-refractivity contribution in [2.75, 3.05) is 0 Å². The zero-order valence-electron chi connectivity index (χ0n) is 8.00. The lowest BCUT2D eigenvalue weighted by Gasteiger charge is -2.08. The van der Waals surface area contributed by atoms with E-state index in [-0.39, 0.29) is 0 Å². The highest BCUT2D eigenvalue weighted by molar-refractivity contribution is 9.11. The van der Waals surface area contributed by atoms with Gasteiger partial charge in [-0.1, -0.05) is 31.9 Å². The molecule has 3 nitrogen and oxygen atoms in total. The largest absolute Gasteiger partial charge is 0.308 e. The van der Waals surface area contributed by atoms with E-state index in [0.717, 1.165) is 33.2 Å². The van der Waals surface area contributed by atoms with Crippen LogP contribution >= 0.6 is 31.9 Å². The van der Waals surface area contributed by atoms with Crippen molar-refractivity contribution in [1.29, 1.82) is 0 Å². The molecule has 15 heavy (non-hydrogen) atoms. The Labute approximate surface area is 105 Å². The highest BCUT2D eigenvalue weighted by Gasteiger charge is 2.21. The van der Waals surface area contributed by atoms with Crippen LogP contribution in [0.15, 0.2) is 32.1 Å². The second-order valence-corrected chi connectivity index (χ2v) is 5.25. The van der Waals surface area contributed by atoms with Crippen LogP contribution in [0.2, 0.25) is 0 Å². The number of rotatable bonds is 2. The minimum Gasteiger partial charge on any atom is -0.308 e. The molecule has 1 aliphatic carbocycles. The van der Waals surface area contributed by atoms with Gasteiger partial charge in [0.05, 0.1) is 6.04 Å². The fraction of sp³-hybridized carbons (Fsp3) is 0.300. The minimum absolute atomic E-state index is 0.446. The molecule has 0 amide bonds. The molecule has 1 aromatic carbocycles. The van der Waals surface area contributed by atoms with Gasteiger partial charge in [-0.25, -0.2) is 5.84 Å². The molecule has 0 radical (unpaired) electrons. The SMILES string of the molecule is NNC(=NC1CC1)c1cc(Br)ccc1Br. The summed E-state index contributed by atoms with van der Waals surface area (Å²) >= 11 is 6.92. The van der Waals surface area contributed by atoms with Crippen molar-refractivity contribution in [2.45, 2.75) is 18.9 Å². The first-order valence-corrected chi connectivity index (χ1v) is 6.29. The van der Waals surface area contributed by atoms with E-state index < -0.39 is 0 Å². The van der Waals surface area contributed by atoms with E-state index in [0.29, 0.717) is 6.04 Å². The van der Waals surface area contributed by atoms with Crippen molar-refractivity contribution in [2.24, 2.45) is 10.8 Å². The third-order valence-electron chi connectivity index (χ3n) is 2.18. The first kappa shape index (κ1) is 11.1. The molecule has 2 rings (SSSR count). The first-order chi connectivity index (χ1) is 7.20. The van der Waals surface area contributed by atoms with Gasteiger partial charge < -0.3 is 5.43 Å². The van der Waals surface area contributed by atoms with Crippen LogP contribution < -0.4 is 11.3 Å². The highest BCUT2D eigenvalue weighted by Crippen LogP contribution is 2.26. The van der Waals surface area contributed by atoms with Crippen molar-refractivity contribution in [3.8, 4) is 0 Å². The third kappa shape index (κ3) is 2.80. The summed E-state index contributed by atoms with van der Waals surface area (Å²) in [5.74, 6) is 6.22. The van der Waals surface area contributed by atoms with Crippen molar-refractivity contribution >= 4 is 37.7 Å². The monoisotopic (exact) mass is 331 g/mol. The van der Waals surface area contributed by atoms with Crippen molar-refractivity contribution < 1.29 is 0 Å². The standard InChI is InChI=1S/C10H11Br2N3/c11-6-1-4-9(12)8(5-6)10(15-13)14-7-2-3-7/h1,4-5,7H,2-3,13H2,(H,14,15). The van der Waals surface area contributed by atoms with Crippen molar-refractivity contribution in [1.82, 2.24) is 5.43 Å². The zero-order valence-corrected chi connectivity index (χ0v) is 11.2. The molecule has 0 saturated heterocycles. The average molecular weight is 333 g/mol. The molecular formula is C10H11Br2N3. The summed E-state index contributed by atoms with van der Waals surface area (Å²) in [5, 5.41) is 0. The molecule has 0 unspecified atom stereocenters. The molecular weight excluding hydrogens is 322 g/mol. The number of hydrazine groups is 1. The highest BCUT2D eigenvalue weighted by atomic mass is 79.9. The molecule has 0 heterocycles. The second-order valence-electron chi connectivity index (χ2n) is 3.48. The van der Waals surface area contributed by atoms with E-state index in [4.69, 9.17) is 5.84 Å². The number of hydrogen-bond donors (Lipinski definition) is 2. The topological polar surface area (TPSA) is 50.4 Å². The third-order valence-corrected chi connectivity index (χ3v) is 3.36. The van der Waals surface area contributed by atoms with Crippen LogP contribution in [0.5, 0.6) is 0 Å². The van der Waals surface area contributed by atoms with Crippen LogP contribution in [0, 0.1) is 0 Å². The molecule has 0 atom stereocenters. The van der Waals surface area contributed by atoms with E-state index in [1.165, 1.54) is 0 Å². The predicted octanol–water partition coefficient (Wildman–Crippen LogP) is 2.58. The van der Waals surface area contributed by atoms with E-state index in [1.54, 1.807) is 0 Å². The number of amidine groups is 1. The molecule has 1 fully saturated rings. The Morgan fingerprint density at radius 3 is 2.73 bits per heavy atom. The fourth-order valence-corrected chi connectivity index (χ4v) is 2.05. The van der Waals surface area contributed by atoms with Gasteiger partial charge in [0.25, 0.3) is 0 Å². The molecule has 1 saturated carbocycles. The van der Waals surface area contributed by atoms with Gasteiger partial charge in [0.15, 0.2) is 0 Å². The van der Waals surface area contributed by atoms with E-state index in [1.807, 2.05) is 18.2 Å². The van der Waals surface area contributed by atoms with E-state index in [2.05, 4.69) is 42.3 Å². The molecule has 0 aromatic heterocycles. The number of nitrogens with one attached hydrogen (secondary N) is 1. The van der Waals surface area contributed by atoms with Crippen molar-refractivity contribution in [3.63, 3.8) is 0 Å². The van der Waals surface area contributed by atoms with Crippen LogP contribution in [0.4, 0.5) is 0 Å². The molecule has 0 aliphatic heterocycles. The average Bonchev–Trinajstić information content (AvgIpc) is 3.02. The van der Waals surface area contributed by atoms with Gasteiger partial charge >= 0.3 is 0 Å². The summed E-state index contributed by atoms with van der Waals surface area (Å²) < 4.78 is 2.00. The number of nitrogens with zero attached hydrogens (tertiary/aromatic N) is 1. The zero-order chi connectivity index (χ0) is 10.8. The number of halogens is 2. The maximum atomic E-state index is 5.48. The summed E-state index contributed by atoms with van der Waals surface area (Å²) in [7, 11) is 0. The lowest BCUT2D eigenvalue weighted by molar-refractivity contribution is 0.970. The van der Waals surface area contributed by atoms with E-state index >= 15 is 0 Å². The van der Waals surface area contributed by atoms with Crippen molar-refractivity contribution in [3.05, 3.63) is 32.7 Å². The maximum Gasteiger partial charge on any atom is 0.143 e. The van der Waals surface area contributed by atoms with Crippen LogP contribution in [-0.2, 0) is 0 Å². The molecule has 0 spiro atoms. The van der Waals surface area contributed by atoms with Crippen LogP contribution in [0.25, 0.3) is 0 Å². The van der Waals surface area contributed by atoms with Gasteiger partial charge in [-0.3, -0.25) is 4.99 Å². The normalized spacial score (nSPS) is 16.6. The van der Waals surface area contributed by atoms with Gasteiger partial charge in [0.1, 0.15) is 5.84 Å². The Balaban J connectivity index is 2.36. The summed E-state index contributed by atoms with van der Waals surface area (Å²) in [5.41, 5.74) is 3.64. The molecule has 80 valence electrons. The summed E-state index contributed by atoms with van der Waals surface area (Å²) in [6.45, 7) is 0. The predicted molar refractivity (Wildman–Crippen MR) is 68.7 cm³/mol. The Morgan fingerprint density at radius 2 is 2.13 bits per heavy atom. The van der Waals surface area contributed by atoms with E-state index in [9.17, 15) is 0 Å². The smallest absolute Gasteiger partial charge is 0.143 e. The quantitative estimate of drug-likeness (QED) is 0.378. The summed E-state index contributed by atoms with van der Waals surface area (Å²) in [6.07, 6.45) is 2.33. The second kappa shape index (κ2) is 4.63. The van der Waals surface area contributed by atoms with Gasteiger partial charge in [0.2, 0.25) is 0 Å². The molecule has 1 aromatic rings. The summed E-state index contributed by atoms with van der Waals surface area (Å²) in [4.78, 5) is 4.51. The number of nitrogens with two attached hydrogens (primary N) is 1. The molecule has 3 N–H and O–H groups in total. The lowest BCUT2D eigenvalue weighted by atomic mass is 10.2. The maximum absolute atomic E-state index is 5.48. The number of aliphatic imine (C=N–C) groups is 1. The van der Waals surface area contributed by atoms with Gasteiger partial charge in [-0.05, 0) is 31.0 Å². The minimum atomic E-state index is 0.446. The molecule has 1 aliphatic rings. The van der Waals surface area contributed by atoms with Gasteiger partial charge in [-0.15, -0.1) is 0 Å². The fourth-order valence-electron chi connectivity index (χ4n) is 1.25.